The highest BCUT2D eigenvalue weighted by atomic mass is 16.5. The molecule has 0 spiro atoms. The quantitative estimate of drug-likeness (QED) is 0.470. The third-order valence-corrected chi connectivity index (χ3v) is 1.38. The van der Waals surface area contributed by atoms with Crippen LogP contribution in [0.3, 0.4) is 0 Å². The summed E-state index contributed by atoms with van der Waals surface area (Å²) in [5.41, 5.74) is 2.16. The summed E-state index contributed by atoms with van der Waals surface area (Å²) >= 11 is 0. The molecule has 0 radical (unpaired) electrons. The number of ether oxygens (including phenoxy) is 1. The lowest BCUT2D eigenvalue weighted by Gasteiger charge is -2.03. The van der Waals surface area contributed by atoms with Crippen molar-refractivity contribution in [3.05, 3.63) is 36.1 Å². The van der Waals surface area contributed by atoms with Crippen molar-refractivity contribution in [2.45, 2.75) is 34.6 Å². The molecule has 1 heteroatoms. The van der Waals surface area contributed by atoms with Crippen LogP contribution >= 0.6 is 0 Å². The molecule has 0 aromatic heterocycles. The van der Waals surface area contributed by atoms with Crippen molar-refractivity contribution >= 4 is 0 Å². The first-order valence-corrected chi connectivity index (χ1v) is 4.73. The van der Waals surface area contributed by atoms with Gasteiger partial charge in [-0.3, -0.25) is 0 Å². The van der Waals surface area contributed by atoms with E-state index < -0.39 is 0 Å². The van der Waals surface area contributed by atoms with Crippen LogP contribution in [0.2, 0.25) is 0 Å². The van der Waals surface area contributed by atoms with Crippen molar-refractivity contribution in [3.63, 3.8) is 0 Å². The van der Waals surface area contributed by atoms with E-state index in [2.05, 4.69) is 13.2 Å². The van der Waals surface area contributed by atoms with Gasteiger partial charge in [0.05, 0.1) is 6.61 Å². The van der Waals surface area contributed by atoms with E-state index in [1.165, 1.54) is 0 Å². The summed E-state index contributed by atoms with van der Waals surface area (Å²) in [5.74, 6) is 0.702. The van der Waals surface area contributed by atoms with Crippen molar-refractivity contribution in [1.82, 2.24) is 0 Å². The minimum absolute atomic E-state index is 0.665. The molecule has 0 aliphatic rings. The van der Waals surface area contributed by atoms with Crippen molar-refractivity contribution in [2.24, 2.45) is 0 Å². The average molecular weight is 182 g/mol. The Kier molecular flexibility index (Phi) is 10.2. The predicted molar refractivity (Wildman–Crippen MR) is 60.7 cm³/mol. The van der Waals surface area contributed by atoms with E-state index in [0.717, 1.165) is 11.1 Å². The predicted octanol–water partition coefficient (Wildman–Crippen LogP) is 4.09. The van der Waals surface area contributed by atoms with Gasteiger partial charge in [-0.15, -0.1) is 0 Å². The largest absolute Gasteiger partial charge is 0.495 e. The molecular weight excluding hydrogens is 160 g/mol. The first kappa shape index (κ1) is 14.5. The van der Waals surface area contributed by atoms with Crippen LogP contribution in [0.5, 0.6) is 0 Å². The van der Waals surface area contributed by atoms with Gasteiger partial charge in [0.25, 0.3) is 0 Å². The Hall–Kier alpha value is -0.980. The monoisotopic (exact) mass is 182 g/mol. The van der Waals surface area contributed by atoms with Crippen LogP contribution in [-0.2, 0) is 4.74 Å². The lowest BCUT2D eigenvalue weighted by atomic mass is 10.1. The van der Waals surface area contributed by atoms with Crippen LogP contribution in [0, 0.1) is 0 Å². The van der Waals surface area contributed by atoms with Crippen LogP contribution in [0.25, 0.3) is 0 Å². The summed E-state index contributed by atoms with van der Waals surface area (Å²) in [6, 6.07) is 0. The first-order chi connectivity index (χ1) is 6.07. The van der Waals surface area contributed by atoms with E-state index >= 15 is 0 Å². The first-order valence-electron chi connectivity index (χ1n) is 4.73. The van der Waals surface area contributed by atoms with Crippen molar-refractivity contribution < 1.29 is 4.74 Å². The molecule has 0 unspecified atom stereocenters. The number of hydrogen-bond acceptors (Lipinski definition) is 1. The topological polar surface area (TPSA) is 9.23 Å². The van der Waals surface area contributed by atoms with Crippen molar-refractivity contribution in [1.29, 1.82) is 0 Å². The highest BCUT2D eigenvalue weighted by Crippen LogP contribution is 2.08. The van der Waals surface area contributed by atoms with E-state index in [9.17, 15) is 0 Å². The van der Waals surface area contributed by atoms with E-state index in [-0.39, 0.29) is 0 Å². The summed E-state index contributed by atoms with van der Waals surface area (Å²) in [7, 11) is 0. The van der Waals surface area contributed by atoms with Gasteiger partial charge in [0.2, 0.25) is 0 Å². The Bertz CT molecular complexity index is 187. The minimum Gasteiger partial charge on any atom is -0.495 e. The Labute approximate surface area is 82.8 Å². The van der Waals surface area contributed by atoms with Gasteiger partial charge in [-0.1, -0.05) is 32.6 Å². The second-order valence-corrected chi connectivity index (χ2v) is 2.51. The molecule has 13 heavy (non-hydrogen) atoms. The fourth-order valence-electron chi connectivity index (χ4n) is 0.592. The van der Waals surface area contributed by atoms with Gasteiger partial charge >= 0.3 is 0 Å². The molecule has 1 nitrogen and oxygen atoms in total. The van der Waals surface area contributed by atoms with E-state index in [0.29, 0.717) is 12.4 Å². The molecule has 0 aliphatic carbocycles. The smallest absolute Gasteiger partial charge is 0.112 e. The Morgan fingerprint density at radius 2 is 1.69 bits per heavy atom. The number of rotatable bonds is 4. The molecule has 0 fully saturated rings. The van der Waals surface area contributed by atoms with Crippen LogP contribution in [-0.4, -0.2) is 6.61 Å². The standard InChI is InChI=1S/C10H16O.C2H6/c1-6-11-10(5)7-9(4)8(2)3;1-2/h7H,2,5-6H2,1,3-4H3;1-2H3/b9-7-;. The van der Waals surface area contributed by atoms with Crippen molar-refractivity contribution in [2.75, 3.05) is 6.61 Å². The molecular formula is C12H22O. The van der Waals surface area contributed by atoms with Gasteiger partial charge < -0.3 is 4.74 Å². The zero-order chi connectivity index (χ0) is 10.9. The van der Waals surface area contributed by atoms with Gasteiger partial charge in [0.1, 0.15) is 5.76 Å². The lowest BCUT2D eigenvalue weighted by Crippen LogP contribution is -1.87. The molecule has 0 saturated carbocycles. The number of allylic oxidation sites excluding steroid dienone is 3. The molecule has 0 atom stereocenters. The molecule has 0 aromatic carbocycles. The van der Waals surface area contributed by atoms with E-state index in [4.69, 9.17) is 4.74 Å². The van der Waals surface area contributed by atoms with Crippen LogP contribution in [0.15, 0.2) is 36.1 Å². The zero-order valence-corrected chi connectivity index (χ0v) is 9.61. The van der Waals surface area contributed by atoms with Crippen LogP contribution < -0.4 is 0 Å². The van der Waals surface area contributed by atoms with Gasteiger partial charge in [0.15, 0.2) is 0 Å². The summed E-state index contributed by atoms with van der Waals surface area (Å²) < 4.78 is 5.15. The molecule has 0 heterocycles. The van der Waals surface area contributed by atoms with Gasteiger partial charge in [-0.05, 0) is 32.4 Å². The maximum atomic E-state index is 5.15. The molecule has 76 valence electrons. The van der Waals surface area contributed by atoms with Gasteiger partial charge in [-0.25, -0.2) is 0 Å². The molecule has 0 rings (SSSR count). The highest BCUT2D eigenvalue weighted by Gasteiger charge is 1.91. The summed E-state index contributed by atoms with van der Waals surface area (Å²) in [6.45, 7) is 18.1. The summed E-state index contributed by atoms with van der Waals surface area (Å²) in [4.78, 5) is 0. The minimum atomic E-state index is 0.665. The molecule has 0 saturated heterocycles. The molecule has 0 bridgehead atoms. The average Bonchev–Trinajstić information content (AvgIpc) is 2.08. The lowest BCUT2D eigenvalue weighted by molar-refractivity contribution is 0.244. The number of hydrogen-bond donors (Lipinski definition) is 0. The zero-order valence-electron chi connectivity index (χ0n) is 9.61. The second-order valence-electron chi connectivity index (χ2n) is 2.51. The Morgan fingerprint density at radius 1 is 1.23 bits per heavy atom. The Morgan fingerprint density at radius 3 is 2.00 bits per heavy atom. The SMILES string of the molecule is C=C(/C=C(/C)C(=C)C)OCC.CC. The fourth-order valence-corrected chi connectivity index (χ4v) is 0.592. The Balaban J connectivity index is 0. The van der Waals surface area contributed by atoms with Gasteiger partial charge in [-0.2, -0.15) is 0 Å². The summed E-state index contributed by atoms with van der Waals surface area (Å²) in [6.07, 6.45) is 1.89. The third-order valence-electron chi connectivity index (χ3n) is 1.38. The highest BCUT2D eigenvalue weighted by molar-refractivity contribution is 5.29. The molecule has 0 amide bonds. The second kappa shape index (κ2) is 9.11. The van der Waals surface area contributed by atoms with E-state index in [1.54, 1.807) is 0 Å². The summed E-state index contributed by atoms with van der Waals surface area (Å²) in [5, 5.41) is 0. The third kappa shape index (κ3) is 8.93. The molecule has 0 N–H and O–H groups in total. The fraction of sp³-hybridized carbons (Fsp3) is 0.500. The molecule has 0 aromatic rings. The van der Waals surface area contributed by atoms with Gasteiger partial charge in [0, 0.05) is 0 Å². The molecule has 0 aliphatic heterocycles. The normalized spacial score (nSPS) is 9.77. The van der Waals surface area contributed by atoms with Crippen LogP contribution in [0.1, 0.15) is 34.6 Å². The van der Waals surface area contributed by atoms with Crippen molar-refractivity contribution in [3.8, 4) is 0 Å². The maximum Gasteiger partial charge on any atom is 0.112 e. The van der Waals surface area contributed by atoms with Crippen LogP contribution in [0.4, 0.5) is 0 Å². The van der Waals surface area contributed by atoms with E-state index in [1.807, 2.05) is 40.7 Å². The maximum absolute atomic E-state index is 5.15.